The molecule has 0 amide bonds. The second-order valence-electron chi connectivity index (χ2n) is 1.85. The van der Waals surface area contributed by atoms with Gasteiger partial charge in [0.25, 0.3) is 0 Å². The molecule has 0 heterocycles. The van der Waals surface area contributed by atoms with Crippen LogP contribution in [-0.2, 0) is 4.79 Å². The van der Waals surface area contributed by atoms with Crippen LogP contribution in [0, 0.1) is 0 Å². The molecule has 0 aromatic carbocycles. The van der Waals surface area contributed by atoms with E-state index in [9.17, 15) is 4.79 Å². The third-order valence-electron chi connectivity index (χ3n) is 0.994. The largest absolute Gasteiger partial charge is 0.481 e. The lowest BCUT2D eigenvalue weighted by molar-refractivity contribution is -0.137. The van der Waals surface area contributed by atoms with Crippen molar-refractivity contribution in [3.05, 3.63) is 0 Å². The summed E-state index contributed by atoms with van der Waals surface area (Å²) in [5, 5.41) is 15.1. The summed E-state index contributed by atoms with van der Waals surface area (Å²) >= 11 is 0. The van der Waals surface area contributed by atoms with Gasteiger partial charge in [-0.05, 0) is 6.42 Å². The van der Waals surface area contributed by atoms with Gasteiger partial charge in [0.05, 0.1) is 0 Å². The van der Waals surface area contributed by atoms with Crippen LogP contribution in [-0.4, -0.2) is 23.3 Å². The van der Waals surface area contributed by atoms with E-state index in [0.717, 1.165) is 26.4 Å². The lowest BCUT2D eigenvalue weighted by Gasteiger charge is -1.89. The number of carboxylic acids is 1. The molecule has 62 valence electrons. The van der Waals surface area contributed by atoms with Crippen LogP contribution in [0.4, 0.5) is 0 Å². The van der Waals surface area contributed by atoms with Crippen LogP contribution >= 0.6 is 0 Å². The van der Waals surface area contributed by atoms with Gasteiger partial charge < -0.3 is 10.2 Å². The Kier molecular flexibility index (Phi) is 13.7. The lowest BCUT2D eigenvalue weighted by Crippen LogP contribution is -1.92. The van der Waals surface area contributed by atoms with Crippen LogP contribution in [0.1, 0.15) is 32.6 Å². The molecule has 0 spiro atoms. The highest BCUT2D eigenvalue weighted by molar-refractivity contribution is 5.66. The number of unbranched alkanes of at least 4 members (excludes halogenated alkanes) is 2. The van der Waals surface area contributed by atoms with E-state index in [1.165, 1.54) is 0 Å². The van der Waals surface area contributed by atoms with Gasteiger partial charge in [0.1, 0.15) is 0 Å². The lowest BCUT2D eigenvalue weighted by atomic mass is 10.2. The SMILES string of the molecule is CCCCCC(=O)O.CO. The molecule has 3 heteroatoms. The van der Waals surface area contributed by atoms with Crippen molar-refractivity contribution in [1.29, 1.82) is 0 Å². The van der Waals surface area contributed by atoms with E-state index in [1.54, 1.807) is 0 Å². The Bertz CT molecular complexity index is 71.3. The van der Waals surface area contributed by atoms with E-state index in [0.29, 0.717) is 6.42 Å². The second kappa shape index (κ2) is 11.3. The maximum absolute atomic E-state index is 9.87. The molecule has 0 bridgehead atoms. The zero-order chi connectivity index (χ0) is 8.41. The molecule has 0 aliphatic carbocycles. The number of carboxylic acid groups (broad SMARTS) is 1. The fraction of sp³-hybridized carbons (Fsp3) is 0.857. The zero-order valence-electron chi connectivity index (χ0n) is 6.63. The summed E-state index contributed by atoms with van der Waals surface area (Å²) in [5.74, 6) is -0.682. The van der Waals surface area contributed by atoms with Crippen LogP contribution in [0.5, 0.6) is 0 Å². The van der Waals surface area contributed by atoms with Crippen LogP contribution in [0.25, 0.3) is 0 Å². The Balaban J connectivity index is 0. The topological polar surface area (TPSA) is 57.5 Å². The maximum Gasteiger partial charge on any atom is 0.303 e. The fourth-order valence-corrected chi connectivity index (χ4v) is 0.526. The molecule has 0 aliphatic rings. The Morgan fingerprint density at radius 2 is 1.80 bits per heavy atom. The molecule has 0 saturated heterocycles. The first kappa shape index (κ1) is 12.1. The van der Waals surface area contributed by atoms with Gasteiger partial charge in [0, 0.05) is 13.5 Å². The van der Waals surface area contributed by atoms with Gasteiger partial charge in [0.2, 0.25) is 0 Å². The van der Waals surface area contributed by atoms with Crippen LogP contribution < -0.4 is 0 Å². The Hall–Kier alpha value is -0.570. The van der Waals surface area contributed by atoms with E-state index >= 15 is 0 Å². The van der Waals surface area contributed by atoms with E-state index in [2.05, 4.69) is 6.92 Å². The predicted molar refractivity (Wildman–Crippen MR) is 39.9 cm³/mol. The fourth-order valence-electron chi connectivity index (χ4n) is 0.526. The summed E-state index contributed by atoms with van der Waals surface area (Å²) < 4.78 is 0. The van der Waals surface area contributed by atoms with Gasteiger partial charge >= 0.3 is 5.97 Å². The van der Waals surface area contributed by atoms with Crippen LogP contribution in [0.3, 0.4) is 0 Å². The molecule has 0 radical (unpaired) electrons. The van der Waals surface area contributed by atoms with E-state index in [-0.39, 0.29) is 0 Å². The number of hydrogen-bond acceptors (Lipinski definition) is 2. The van der Waals surface area contributed by atoms with Gasteiger partial charge in [-0.1, -0.05) is 19.8 Å². The number of carbonyl (C=O) groups is 1. The molecule has 0 saturated carbocycles. The van der Waals surface area contributed by atoms with Crippen molar-refractivity contribution < 1.29 is 15.0 Å². The normalized spacial score (nSPS) is 7.90. The quantitative estimate of drug-likeness (QED) is 0.590. The van der Waals surface area contributed by atoms with Gasteiger partial charge in [-0.25, -0.2) is 0 Å². The highest BCUT2D eigenvalue weighted by Gasteiger charge is 1.92. The van der Waals surface area contributed by atoms with Crippen LogP contribution in [0.15, 0.2) is 0 Å². The van der Waals surface area contributed by atoms with Crippen molar-refractivity contribution >= 4 is 5.97 Å². The minimum atomic E-state index is -0.682. The molecule has 10 heavy (non-hydrogen) atoms. The molecular formula is C7H16O3. The van der Waals surface area contributed by atoms with Gasteiger partial charge in [-0.15, -0.1) is 0 Å². The smallest absolute Gasteiger partial charge is 0.303 e. The number of aliphatic hydroxyl groups excluding tert-OH is 1. The van der Waals surface area contributed by atoms with Crippen molar-refractivity contribution in [1.82, 2.24) is 0 Å². The predicted octanol–water partition coefficient (Wildman–Crippen LogP) is 1.26. The highest BCUT2D eigenvalue weighted by atomic mass is 16.4. The second-order valence-corrected chi connectivity index (χ2v) is 1.85. The van der Waals surface area contributed by atoms with Crippen LogP contribution in [0.2, 0.25) is 0 Å². The summed E-state index contributed by atoms with van der Waals surface area (Å²) in [4.78, 5) is 9.87. The van der Waals surface area contributed by atoms with Crippen molar-refractivity contribution in [3.8, 4) is 0 Å². The molecule has 0 unspecified atom stereocenters. The molecule has 2 N–H and O–H groups in total. The first-order valence-corrected chi connectivity index (χ1v) is 3.44. The van der Waals surface area contributed by atoms with Crippen molar-refractivity contribution in [3.63, 3.8) is 0 Å². The van der Waals surface area contributed by atoms with E-state index in [1.807, 2.05) is 0 Å². The Morgan fingerprint density at radius 1 is 1.30 bits per heavy atom. The third-order valence-corrected chi connectivity index (χ3v) is 0.994. The standard InChI is InChI=1S/C6H12O2.CH4O/c1-2-3-4-5-6(7)8;1-2/h2-5H2,1H3,(H,7,8);2H,1H3. The Labute approximate surface area is 61.7 Å². The van der Waals surface area contributed by atoms with E-state index in [4.69, 9.17) is 10.2 Å². The van der Waals surface area contributed by atoms with Crippen molar-refractivity contribution in [2.75, 3.05) is 7.11 Å². The number of aliphatic hydroxyl groups is 1. The molecule has 0 rings (SSSR count). The summed E-state index contributed by atoms with van der Waals surface area (Å²) in [6.45, 7) is 2.06. The zero-order valence-corrected chi connectivity index (χ0v) is 6.63. The average molecular weight is 148 g/mol. The first-order chi connectivity index (χ1) is 4.77. The van der Waals surface area contributed by atoms with Gasteiger partial charge in [0.15, 0.2) is 0 Å². The van der Waals surface area contributed by atoms with Crippen molar-refractivity contribution in [2.24, 2.45) is 0 Å². The van der Waals surface area contributed by atoms with Gasteiger partial charge in [-0.3, -0.25) is 4.79 Å². The highest BCUT2D eigenvalue weighted by Crippen LogP contribution is 1.97. The summed E-state index contributed by atoms with van der Waals surface area (Å²) in [7, 11) is 1.00. The molecule has 0 aliphatic heterocycles. The average Bonchev–Trinajstić information content (AvgIpc) is 1.92. The van der Waals surface area contributed by atoms with Gasteiger partial charge in [-0.2, -0.15) is 0 Å². The molecule has 0 aromatic heterocycles. The van der Waals surface area contributed by atoms with E-state index < -0.39 is 5.97 Å². The molecule has 0 aromatic rings. The Morgan fingerprint density at radius 3 is 2.10 bits per heavy atom. The third kappa shape index (κ3) is 15.7. The summed E-state index contributed by atoms with van der Waals surface area (Å²) in [6, 6.07) is 0. The number of rotatable bonds is 4. The maximum atomic E-state index is 9.87. The first-order valence-electron chi connectivity index (χ1n) is 3.44. The number of aliphatic carboxylic acids is 1. The summed E-state index contributed by atoms with van der Waals surface area (Å²) in [6.07, 6.45) is 3.28. The molecule has 3 nitrogen and oxygen atoms in total. The monoisotopic (exact) mass is 148 g/mol. The molecule has 0 fully saturated rings. The van der Waals surface area contributed by atoms with Crippen molar-refractivity contribution in [2.45, 2.75) is 32.6 Å². The molecule has 0 atom stereocenters. The number of hydrogen-bond donors (Lipinski definition) is 2. The molecular weight excluding hydrogens is 132 g/mol. The summed E-state index contributed by atoms with van der Waals surface area (Å²) in [5.41, 5.74) is 0. The minimum absolute atomic E-state index is 0.327. The minimum Gasteiger partial charge on any atom is -0.481 e.